The van der Waals surface area contributed by atoms with Crippen molar-refractivity contribution in [2.45, 2.75) is 44.9 Å². The fourth-order valence-electron chi connectivity index (χ4n) is 5.44. The molecule has 2 aliphatic rings. The van der Waals surface area contributed by atoms with E-state index >= 15 is 0 Å². The van der Waals surface area contributed by atoms with Gasteiger partial charge in [0, 0.05) is 25.4 Å². The van der Waals surface area contributed by atoms with Crippen molar-refractivity contribution in [2.24, 2.45) is 5.41 Å². The number of benzene rings is 1. The molecule has 1 heterocycles. The highest BCUT2D eigenvalue weighted by Gasteiger charge is 2.63. The lowest BCUT2D eigenvalue weighted by atomic mass is 9.68. The number of halogens is 2. The molecule has 0 unspecified atom stereocenters. The maximum atomic E-state index is 14.3. The van der Waals surface area contributed by atoms with Gasteiger partial charge >= 0.3 is 0 Å². The molecule has 0 saturated heterocycles. The van der Waals surface area contributed by atoms with Crippen molar-refractivity contribution >= 4 is 5.91 Å². The molecule has 2 atom stereocenters. The van der Waals surface area contributed by atoms with E-state index in [2.05, 4.69) is 24.0 Å². The molecule has 2 aliphatic carbocycles. The monoisotopic (exact) mass is 401 g/mol. The Kier molecular flexibility index (Phi) is 4.69. The molecule has 5 nitrogen and oxygen atoms in total. The van der Waals surface area contributed by atoms with Gasteiger partial charge in [0.05, 0.1) is 23.6 Å². The fraction of sp³-hybridized carbons (Fsp3) is 0.500. The van der Waals surface area contributed by atoms with Crippen LogP contribution in [0.25, 0.3) is 11.3 Å². The summed E-state index contributed by atoms with van der Waals surface area (Å²) in [6, 6.07) is 5.52. The number of carbonyl (C=O) groups excluding carboxylic acids is 1. The first-order valence-corrected chi connectivity index (χ1v) is 9.92. The van der Waals surface area contributed by atoms with Crippen LogP contribution in [0.15, 0.2) is 24.3 Å². The molecule has 2 bridgehead atoms. The highest BCUT2D eigenvalue weighted by Crippen LogP contribution is 2.67. The van der Waals surface area contributed by atoms with Crippen LogP contribution in [-0.4, -0.2) is 45.8 Å². The topological polar surface area (TPSA) is 66.3 Å². The van der Waals surface area contributed by atoms with E-state index < -0.39 is 17.0 Å². The van der Waals surface area contributed by atoms with Crippen molar-refractivity contribution in [2.75, 3.05) is 19.7 Å². The standard InChI is InChI=1S/C22H25F2N3O2/c1-13(29)27(9-10-28)12-22-8-7-15(21(22,2)3)14-11-18(25-26-20(14)22)19-16(23)5-4-6-17(19)24/h4-6,11,15,28H,7-10,12H2,1-3H3/t15-,22-/m0/s1. The van der Waals surface area contributed by atoms with Crippen LogP contribution in [0.3, 0.4) is 0 Å². The summed E-state index contributed by atoms with van der Waals surface area (Å²) in [5.41, 5.74) is 1.21. The third-order valence-corrected chi connectivity index (χ3v) is 7.11. The van der Waals surface area contributed by atoms with Crippen LogP contribution in [-0.2, 0) is 10.2 Å². The molecular weight excluding hydrogens is 376 g/mol. The molecule has 1 fully saturated rings. The highest BCUT2D eigenvalue weighted by atomic mass is 19.1. The van der Waals surface area contributed by atoms with E-state index in [1.165, 1.54) is 25.1 Å². The van der Waals surface area contributed by atoms with E-state index in [0.717, 1.165) is 24.1 Å². The SMILES string of the molecule is CC(=O)N(CCO)C[C@@]12CC[C@@H](c3cc(-c4c(F)cccc4F)nnc31)C2(C)C. The van der Waals surface area contributed by atoms with Gasteiger partial charge in [-0.1, -0.05) is 19.9 Å². The summed E-state index contributed by atoms with van der Waals surface area (Å²) >= 11 is 0. The maximum absolute atomic E-state index is 14.3. The predicted octanol–water partition coefficient (Wildman–Crippen LogP) is 3.42. The van der Waals surface area contributed by atoms with Gasteiger partial charge in [0.2, 0.25) is 5.91 Å². The van der Waals surface area contributed by atoms with Crippen LogP contribution in [0.4, 0.5) is 8.78 Å². The largest absolute Gasteiger partial charge is 0.395 e. The number of aromatic nitrogens is 2. The molecule has 2 aromatic rings. The molecule has 1 amide bonds. The van der Waals surface area contributed by atoms with E-state index in [9.17, 15) is 18.7 Å². The van der Waals surface area contributed by atoms with Crippen LogP contribution in [0.5, 0.6) is 0 Å². The van der Waals surface area contributed by atoms with Gasteiger partial charge in [-0.2, -0.15) is 10.2 Å². The molecule has 1 aromatic heterocycles. The number of aliphatic hydroxyl groups is 1. The van der Waals surface area contributed by atoms with Crippen molar-refractivity contribution < 1.29 is 18.7 Å². The smallest absolute Gasteiger partial charge is 0.219 e. The summed E-state index contributed by atoms with van der Waals surface area (Å²) in [5, 5.41) is 18.0. The molecule has 4 rings (SSSR count). The first-order valence-electron chi connectivity index (χ1n) is 9.92. The summed E-state index contributed by atoms with van der Waals surface area (Å²) in [5.74, 6) is -1.26. The third-order valence-electron chi connectivity index (χ3n) is 7.11. The van der Waals surface area contributed by atoms with Gasteiger partial charge in [0.15, 0.2) is 0 Å². The van der Waals surface area contributed by atoms with Gasteiger partial charge in [-0.3, -0.25) is 4.79 Å². The summed E-state index contributed by atoms with van der Waals surface area (Å²) in [6.45, 7) is 6.42. The van der Waals surface area contributed by atoms with Gasteiger partial charge in [0.25, 0.3) is 0 Å². The minimum Gasteiger partial charge on any atom is -0.395 e. The Balaban J connectivity index is 1.82. The second-order valence-corrected chi connectivity index (χ2v) is 8.69. The lowest BCUT2D eigenvalue weighted by Gasteiger charge is -2.41. The number of amides is 1. The number of fused-ring (bicyclic) bond motifs is 5. The van der Waals surface area contributed by atoms with Crippen molar-refractivity contribution in [1.82, 2.24) is 15.1 Å². The lowest BCUT2D eigenvalue weighted by molar-refractivity contribution is -0.130. The Morgan fingerprint density at radius 1 is 1.28 bits per heavy atom. The Labute approximate surface area is 168 Å². The number of rotatable bonds is 5. The summed E-state index contributed by atoms with van der Waals surface area (Å²) < 4.78 is 28.5. The van der Waals surface area contributed by atoms with E-state index in [0.29, 0.717) is 6.54 Å². The Hall–Kier alpha value is -2.41. The minimum atomic E-state index is -0.665. The quantitative estimate of drug-likeness (QED) is 0.834. The van der Waals surface area contributed by atoms with Crippen LogP contribution in [0, 0.1) is 17.0 Å². The second-order valence-electron chi connectivity index (χ2n) is 8.69. The summed E-state index contributed by atoms with van der Waals surface area (Å²) in [6.07, 6.45) is 1.77. The van der Waals surface area contributed by atoms with Gasteiger partial charge in [-0.05, 0) is 47.9 Å². The zero-order valence-electron chi connectivity index (χ0n) is 16.9. The Morgan fingerprint density at radius 2 is 1.97 bits per heavy atom. The van der Waals surface area contributed by atoms with Crippen LogP contribution in [0.2, 0.25) is 0 Å². The van der Waals surface area contributed by atoms with Crippen LogP contribution < -0.4 is 0 Å². The number of hydrogen-bond acceptors (Lipinski definition) is 4. The third kappa shape index (κ3) is 2.78. The normalized spacial score (nSPS) is 23.9. The Morgan fingerprint density at radius 3 is 2.59 bits per heavy atom. The van der Waals surface area contributed by atoms with Gasteiger partial charge < -0.3 is 10.0 Å². The first-order chi connectivity index (χ1) is 13.7. The highest BCUT2D eigenvalue weighted by molar-refractivity contribution is 5.73. The van der Waals surface area contributed by atoms with Crippen LogP contribution in [0.1, 0.15) is 50.8 Å². The molecule has 1 saturated carbocycles. The molecule has 154 valence electrons. The van der Waals surface area contributed by atoms with Crippen molar-refractivity contribution in [3.8, 4) is 11.3 Å². The van der Waals surface area contributed by atoms with Gasteiger partial charge in [-0.15, -0.1) is 0 Å². The van der Waals surface area contributed by atoms with Gasteiger partial charge in [-0.25, -0.2) is 8.78 Å². The molecule has 0 aliphatic heterocycles. The van der Waals surface area contributed by atoms with E-state index in [4.69, 9.17) is 0 Å². The van der Waals surface area contributed by atoms with Gasteiger partial charge in [0.1, 0.15) is 11.6 Å². The summed E-state index contributed by atoms with van der Waals surface area (Å²) in [4.78, 5) is 13.8. The Bertz CT molecular complexity index is 958. The van der Waals surface area contributed by atoms with E-state index in [1.807, 2.05) is 0 Å². The summed E-state index contributed by atoms with van der Waals surface area (Å²) in [7, 11) is 0. The van der Waals surface area contributed by atoms with E-state index in [1.54, 1.807) is 11.0 Å². The van der Waals surface area contributed by atoms with Crippen molar-refractivity contribution in [1.29, 1.82) is 0 Å². The molecule has 0 spiro atoms. The minimum absolute atomic E-state index is 0.0980. The number of hydrogen-bond donors (Lipinski definition) is 1. The molecule has 0 radical (unpaired) electrons. The molecule has 29 heavy (non-hydrogen) atoms. The van der Waals surface area contributed by atoms with E-state index in [-0.39, 0.29) is 41.6 Å². The number of aliphatic hydroxyl groups excluding tert-OH is 1. The average Bonchev–Trinajstić information content (AvgIpc) is 3.01. The van der Waals surface area contributed by atoms with Crippen molar-refractivity contribution in [3.05, 3.63) is 47.2 Å². The number of carbonyl (C=O) groups is 1. The van der Waals surface area contributed by atoms with Crippen molar-refractivity contribution in [3.63, 3.8) is 0 Å². The zero-order chi connectivity index (χ0) is 21.0. The van der Waals surface area contributed by atoms with Crippen LogP contribution >= 0.6 is 0 Å². The average molecular weight is 401 g/mol. The molecule has 1 N–H and O–H groups in total. The first kappa shape index (κ1) is 19.9. The molecular formula is C22H25F2N3O2. The lowest BCUT2D eigenvalue weighted by Crippen LogP contribution is -2.48. The molecule has 1 aromatic carbocycles. The predicted molar refractivity (Wildman–Crippen MR) is 104 cm³/mol. The second kappa shape index (κ2) is 6.83. The fourth-order valence-corrected chi connectivity index (χ4v) is 5.44. The molecule has 7 heteroatoms. The zero-order valence-corrected chi connectivity index (χ0v) is 16.9. The maximum Gasteiger partial charge on any atom is 0.219 e. The number of nitrogens with zero attached hydrogens (tertiary/aromatic N) is 3.